The van der Waals surface area contributed by atoms with Gasteiger partial charge in [0.15, 0.2) is 0 Å². The number of hydrogen-bond acceptors (Lipinski definition) is 7. The van der Waals surface area contributed by atoms with Crippen LogP contribution in [0.25, 0.3) is 0 Å². The van der Waals surface area contributed by atoms with Crippen molar-refractivity contribution in [3.63, 3.8) is 0 Å². The van der Waals surface area contributed by atoms with Gasteiger partial charge in [0.1, 0.15) is 17.2 Å². The summed E-state index contributed by atoms with van der Waals surface area (Å²) in [5.74, 6) is -0.0953. The Morgan fingerprint density at radius 3 is 1.85 bits per heavy atom. The number of ether oxygens (including phenoxy) is 1. The number of rotatable bonds is 3. The van der Waals surface area contributed by atoms with Crippen molar-refractivity contribution in [1.82, 2.24) is 25.3 Å². The quantitative estimate of drug-likeness (QED) is 0.809. The Kier molecular flexibility index (Phi) is 9.32. The van der Waals surface area contributed by atoms with Gasteiger partial charge in [-0.25, -0.2) is 24.7 Å². The van der Waals surface area contributed by atoms with E-state index in [0.717, 1.165) is 11.1 Å². The van der Waals surface area contributed by atoms with E-state index in [-0.39, 0.29) is 31.5 Å². The van der Waals surface area contributed by atoms with Crippen LogP contribution in [0.5, 0.6) is 0 Å². The molecule has 1 amide bonds. The molecule has 0 aliphatic heterocycles. The van der Waals surface area contributed by atoms with Crippen LogP contribution in [0.15, 0.2) is 24.8 Å². The van der Waals surface area contributed by atoms with Crippen molar-refractivity contribution < 1.29 is 15.0 Å². The molecule has 0 fully saturated rings. The molecular formula is C18H31ClN6O2. The minimum absolute atomic E-state index is 0. The molecule has 0 aliphatic rings. The van der Waals surface area contributed by atoms with Gasteiger partial charge in [-0.05, 0) is 45.7 Å². The van der Waals surface area contributed by atoms with Crippen LogP contribution in [-0.2, 0) is 17.7 Å². The largest absolute Gasteiger partial charge is 0.444 e. The first-order valence-corrected chi connectivity index (χ1v) is 7.48. The van der Waals surface area contributed by atoms with E-state index < -0.39 is 24.7 Å². The maximum absolute atomic E-state index is 11.5. The number of halogens is 1. The van der Waals surface area contributed by atoms with E-state index >= 15 is 0 Å². The minimum atomic E-state index is -2.17. The van der Waals surface area contributed by atoms with Crippen molar-refractivity contribution in [2.75, 3.05) is 0 Å². The summed E-state index contributed by atoms with van der Waals surface area (Å²) in [6, 6.07) is 0. The zero-order valence-corrected chi connectivity index (χ0v) is 16.2. The second-order valence-electron chi connectivity index (χ2n) is 6.06. The first-order chi connectivity index (χ1) is 13.1. The first-order valence-electron chi connectivity index (χ1n) is 9.48. The molecule has 0 bridgehead atoms. The Morgan fingerprint density at radius 2 is 1.48 bits per heavy atom. The molecular weight excluding hydrogens is 368 g/mol. The van der Waals surface area contributed by atoms with Crippen LogP contribution in [0.2, 0.25) is 0 Å². The number of nitrogens with two attached hydrogens (primary N) is 1. The van der Waals surface area contributed by atoms with E-state index in [1.165, 1.54) is 24.8 Å². The molecule has 3 N–H and O–H groups in total. The number of alkyl carbamates (subject to hydrolysis) is 1. The molecule has 0 radical (unpaired) electrons. The molecule has 2 aromatic heterocycles. The molecule has 152 valence electrons. The number of aryl methyl sites for hydroxylation is 2. The van der Waals surface area contributed by atoms with E-state index in [9.17, 15) is 4.79 Å². The fourth-order valence-electron chi connectivity index (χ4n) is 1.33. The van der Waals surface area contributed by atoms with E-state index in [0.29, 0.717) is 0 Å². The van der Waals surface area contributed by atoms with Gasteiger partial charge >= 0.3 is 6.09 Å². The molecule has 0 aromatic carbocycles. The lowest BCUT2D eigenvalue weighted by molar-refractivity contribution is 0.0522. The van der Waals surface area contributed by atoms with Crippen LogP contribution in [0.4, 0.5) is 4.79 Å². The number of nitrogens with zero attached hydrogens (tertiary/aromatic N) is 4. The standard InChI is InChI=1S/C11H17N3O2.C6H9N3.CH4.ClH/c1-8-5-12-9(13-6-8)7-14-10(15)16-11(2,3)4;1-5-3-8-6(2-7)9-4-5;;/h5-6H,7H2,1-4H3,(H,14,15);3-4H,2,7H2,1H3;1H4;1H/i7D2;2D2;;. The second-order valence-corrected chi connectivity index (χ2v) is 6.06. The van der Waals surface area contributed by atoms with Crippen molar-refractivity contribution in [3.8, 4) is 0 Å². The number of aromatic nitrogens is 4. The molecule has 0 saturated heterocycles. The number of carbonyl (C=O) groups excluding carboxylic acids is 1. The highest BCUT2D eigenvalue weighted by atomic mass is 35.5. The van der Waals surface area contributed by atoms with Gasteiger partial charge in [0, 0.05) is 24.8 Å². The average Bonchev–Trinajstić information content (AvgIpc) is 2.53. The lowest BCUT2D eigenvalue weighted by Crippen LogP contribution is -2.32. The fraction of sp³-hybridized carbons (Fsp3) is 0.500. The monoisotopic (exact) mass is 402 g/mol. The third-order valence-electron chi connectivity index (χ3n) is 2.37. The SMILES string of the molecule is C.Cl.[2H]C([2H])(N)c1ncc(C)cn1.[2H]C([2H])(NC(=O)OC(C)(C)C)c1ncc(C)cn1. The summed E-state index contributed by atoms with van der Waals surface area (Å²) in [5.41, 5.74) is 6.13. The lowest BCUT2D eigenvalue weighted by atomic mass is 10.2. The molecule has 27 heavy (non-hydrogen) atoms. The Hall–Kier alpha value is -2.32. The van der Waals surface area contributed by atoms with Crippen LogP contribution < -0.4 is 11.1 Å². The summed E-state index contributed by atoms with van der Waals surface area (Å²) in [4.78, 5) is 26.6. The predicted molar refractivity (Wildman–Crippen MR) is 108 cm³/mol. The molecule has 2 heterocycles. The average molecular weight is 403 g/mol. The first kappa shape index (κ1) is 19.4. The van der Waals surface area contributed by atoms with Gasteiger partial charge < -0.3 is 15.8 Å². The minimum Gasteiger partial charge on any atom is -0.444 e. The second kappa shape index (κ2) is 12.9. The number of carbonyl (C=O) groups is 1. The van der Waals surface area contributed by atoms with E-state index in [4.69, 9.17) is 16.0 Å². The van der Waals surface area contributed by atoms with Crippen molar-refractivity contribution >= 4 is 18.5 Å². The summed E-state index contributed by atoms with van der Waals surface area (Å²) in [6.45, 7) is 4.61. The molecule has 8 nitrogen and oxygen atoms in total. The Morgan fingerprint density at radius 1 is 1.07 bits per heavy atom. The summed E-state index contributed by atoms with van der Waals surface area (Å²) in [5, 5.41) is 2.10. The van der Waals surface area contributed by atoms with Gasteiger partial charge in [0.05, 0.1) is 18.5 Å². The van der Waals surface area contributed by atoms with Gasteiger partial charge in [-0.2, -0.15) is 0 Å². The maximum atomic E-state index is 11.5. The van der Waals surface area contributed by atoms with Gasteiger partial charge in [-0.1, -0.05) is 7.43 Å². The highest BCUT2D eigenvalue weighted by Gasteiger charge is 2.15. The van der Waals surface area contributed by atoms with Crippen LogP contribution in [-0.4, -0.2) is 31.6 Å². The predicted octanol–water partition coefficient (Wildman–Crippen LogP) is 3.11. The topological polar surface area (TPSA) is 116 Å². The number of hydrogen-bond donors (Lipinski definition) is 2. The maximum Gasteiger partial charge on any atom is 0.408 e. The smallest absolute Gasteiger partial charge is 0.408 e. The van der Waals surface area contributed by atoms with Gasteiger partial charge in [0.25, 0.3) is 0 Å². The Balaban J connectivity index is 0. The van der Waals surface area contributed by atoms with E-state index in [2.05, 4.69) is 25.3 Å². The molecule has 0 aliphatic carbocycles. The Labute approximate surface area is 173 Å². The molecule has 0 spiro atoms. The molecule has 0 atom stereocenters. The van der Waals surface area contributed by atoms with E-state index in [1.807, 2.05) is 6.92 Å². The summed E-state index contributed by atoms with van der Waals surface area (Å²) < 4.78 is 34.5. The van der Waals surface area contributed by atoms with Crippen molar-refractivity contribution in [2.45, 2.75) is 60.6 Å². The number of amides is 1. The third kappa shape index (κ3) is 12.6. The van der Waals surface area contributed by atoms with Crippen LogP contribution in [0.1, 0.15) is 56.5 Å². The molecule has 0 unspecified atom stereocenters. The van der Waals surface area contributed by atoms with Crippen LogP contribution in [0, 0.1) is 13.8 Å². The zero-order chi connectivity index (χ0) is 22.5. The number of nitrogens with one attached hydrogen (secondary N) is 1. The van der Waals surface area contributed by atoms with Gasteiger partial charge in [-0.3, -0.25) is 0 Å². The Bertz CT molecular complexity index is 810. The highest BCUT2D eigenvalue weighted by Crippen LogP contribution is 2.06. The summed E-state index contributed by atoms with van der Waals surface area (Å²) >= 11 is 0. The lowest BCUT2D eigenvalue weighted by Gasteiger charge is -2.19. The van der Waals surface area contributed by atoms with Crippen molar-refractivity contribution in [3.05, 3.63) is 47.6 Å². The molecule has 2 aromatic rings. The third-order valence-corrected chi connectivity index (χ3v) is 2.37. The van der Waals surface area contributed by atoms with Crippen LogP contribution >= 0.6 is 12.4 Å². The van der Waals surface area contributed by atoms with E-state index in [1.54, 1.807) is 27.7 Å². The summed E-state index contributed by atoms with van der Waals surface area (Å²) in [6.07, 6.45) is 5.19. The fourth-order valence-corrected chi connectivity index (χ4v) is 1.33. The van der Waals surface area contributed by atoms with Crippen molar-refractivity contribution in [2.24, 2.45) is 5.73 Å². The molecule has 2 rings (SSSR count). The normalized spacial score (nSPS) is 13.0. The van der Waals surface area contributed by atoms with Crippen molar-refractivity contribution in [1.29, 1.82) is 0 Å². The van der Waals surface area contributed by atoms with Gasteiger partial charge in [-0.15, -0.1) is 12.4 Å². The zero-order valence-electron chi connectivity index (χ0n) is 19.4. The van der Waals surface area contributed by atoms with Crippen LogP contribution in [0.3, 0.4) is 0 Å². The summed E-state index contributed by atoms with van der Waals surface area (Å²) in [7, 11) is 0. The highest BCUT2D eigenvalue weighted by molar-refractivity contribution is 5.85. The molecule has 0 saturated carbocycles. The van der Waals surface area contributed by atoms with Gasteiger partial charge in [0.2, 0.25) is 0 Å². The molecule has 9 heteroatoms.